The van der Waals surface area contributed by atoms with Crippen molar-refractivity contribution in [2.24, 2.45) is 5.41 Å². The average molecular weight is 214 g/mol. The van der Waals surface area contributed by atoms with Crippen LogP contribution < -0.4 is 5.32 Å². The third-order valence-electron chi connectivity index (χ3n) is 3.08. The summed E-state index contributed by atoms with van der Waals surface area (Å²) in [4.78, 5) is 12.7. The molecule has 0 bridgehead atoms. The average Bonchev–Trinajstić information content (AvgIpc) is 2.25. The molecule has 0 aromatic carbocycles. The molecule has 0 aromatic rings. The normalized spacial score (nSPS) is 28.7. The minimum atomic E-state index is -0.800. The van der Waals surface area contributed by atoms with Gasteiger partial charge in [-0.15, -0.1) is 0 Å². The van der Waals surface area contributed by atoms with Crippen molar-refractivity contribution in [3.63, 3.8) is 0 Å². The second-order valence-corrected chi connectivity index (χ2v) is 5.46. The number of nitrogens with one attached hydrogen (secondary N) is 1. The maximum Gasteiger partial charge on any atom is 0.407 e. The van der Waals surface area contributed by atoms with Gasteiger partial charge < -0.3 is 15.3 Å². The van der Waals surface area contributed by atoms with Gasteiger partial charge in [0.25, 0.3) is 0 Å². The lowest BCUT2D eigenvalue weighted by Gasteiger charge is -2.37. The number of hydrogen-bond acceptors (Lipinski definition) is 2. The van der Waals surface area contributed by atoms with E-state index in [1.807, 2.05) is 0 Å². The summed E-state index contributed by atoms with van der Waals surface area (Å²) in [6, 6.07) is 0.458. The summed E-state index contributed by atoms with van der Waals surface area (Å²) < 4.78 is 0. The smallest absolute Gasteiger partial charge is 0.407 e. The molecule has 2 N–H and O–H groups in total. The van der Waals surface area contributed by atoms with Crippen LogP contribution in [0.2, 0.25) is 0 Å². The number of rotatable bonds is 0. The highest BCUT2D eigenvalue weighted by molar-refractivity contribution is 5.65. The van der Waals surface area contributed by atoms with Crippen LogP contribution in [0.5, 0.6) is 0 Å². The molecule has 1 saturated heterocycles. The molecule has 1 rings (SSSR count). The van der Waals surface area contributed by atoms with Gasteiger partial charge in [-0.1, -0.05) is 20.8 Å². The molecular formula is C11H22N2O2. The summed E-state index contributed by atoms with van der Waals surface area (Å²) >= 11 is 0. The minimum absolute atomic E-state index is 0.0184. The number of carboxylic acid groups (broad SMARTS) is 1. The van der Waals surface area contributed by atoms with Crippen molar-refractivity contribution in [3.8, 4) is 0 Å². The molecule has 4 heteroatoms. The van der Waals surface area contributed by atoms with Gasteiger partial charge in [-0.25, -0.2) is 4.79 Å². The molecule has 15 heavy (non-hydrogen) atoms. The van der Waals surface area contributed by atoms with Gasteiger partial charge in [-0.3, -0.25) is 0 Å². The van der Waals surface area contributed by atoms with Gasteiger partial charge in [-0.05, 0) is 18.8 Å². The van der Waals surface area contributed by atoms with Gasteiger partial charge in [0.15, 0.2) is 0 Å². The molecule has 4 nitrogen and oxygen atoms in total. The predicted molar refractivity (Wildman–Crippen MR) is 60.1 cm³/mol. The van der Waals surface area contributed by atoms with E-state index in [-0.39, 0.29) is 11.5 Å². The molecule has 1 aliphatic heterocycles. The first-order chi connectivity index (χ1) is 6.82. The van der Waals surface area contributed by atoms with Crippen molar-refractivity contribution < 1.29 is 9.90 Å². The summed E-state index contributed by atoms with van der Waals surface area (Å²) in [5.74, 6) is 0. The van der Waals surface area contributed by atoms with Crippen molar-refractivity contribution in [2.75, 3.05) is 13.1 Å². The molecule has 0 spiro atoms. The third-order valence-corrected chi connectivity index (χ3v) is 3.08. The Bertz CT molecular complexity index is 235. The van der Waals surface area contributed by atoms with E-state index in [0.29, 0.717) is 12.6 Å². The molecule has 1 aliphatic rings. The molecular weight excluding hydrogens is 192 g/mol. The lowest BCUT2D eigenvalue weighted by molar-refractivity contribution is 0.0887. The second kappa shape index (κ2) is 4.39. The van der Waals surface area contributed by atoms with Gasteiger partial charge >= 0.3 is 6.09 Å². The summed E-state index contributed by atoms with van der Waals surface area (Å²) in [7, 11) is 0. The van der Waals surface area contributed by atoms with Crippen molar-refractivity contribution in [3.05, 3.63) is 0 Å². The summed E-state index contributed by atoms with van der Waals surface area (Å²) in [5.41, 5.74) is -0.0184. The van der Waals surface area contributed by atoms with Crippen LogP contribution in [0, 0.1) is 5.41 Å². The van der Waals surface area contributed by atoms with Gasteiger partial charge in [0, 0.05) is 19.1 Å². The Balaban J connectivity index is 2.83. The van der Waals surface area contributed by atoms with Crippen molar-refractivity contribution in [1.82, 2.24) is 10.2 Å². The molecule has 0 aliphatic carbocycles. The molecule has 88 valence electrons. The second-order valence-electron chi connectivity index (χ2n) is 5.46. The molecule has 0 saturated carbocycles. The Hall–Kier alpha value is -0.770. The summed E-state index contributed by atoms with van der Waals surface area (Å²) in [5, 5.41) is 12.6. The van der Waals surface area contributed by atoms with Crippen LogP contribution in [-0.2, 0) is 0 Å². The standard InChI is InChI=1S/C11H22N2O2/c1-8-5-6-13(10(14)15)9(7-12-8)11(2,3)4/h8-9,12H,5-7H2,1-4H3,(H,14,15). The van der Waals surface area contributed by atoms with Crippen LogP contribution in [0.4, 0.5) is 4.79 Å². The Morgan fingerprint density at radius 3 is 2.53 bits per heavy atom. The van der Waals surface area contributed by atoms with Gasteiger partial charge in [-0.2, -0.15) is 0 Å². The monoisotopic (exact) mass is 214 g/mol. The van der Waals surface area contributed by atoms with E-state index < -0.39 is 6.09 Å². The highest BCUT2D eigenvalue weighted by Gasteiger charge is 2.35. The van der Waals surface area contributed by atoms with Crippen LogP contribution >= 0.6 is 0 Å². The van der Waals surface area contributed by atoms with Gasteiger partial charge in [0.1, 0.15) is 0 Å². The number of nitrogens with zero attached hydrogens (tertiary/aromatic N) is 1. The highest BCUT2D eigenvalue weighted by atomic mass is 16.4. The van der Waals surface area contributed by atoms with Crippen LogP contribution in [-0.4, -0.2) is 41.3 Å². The maximum atomic E-state index is 11.2. The largest absolute Gasteiger partial charge is 0.465 e. The fourth-order valence-electron chi connectivity index (χ4n) is 2.02. The van der Waals surface area contributed by atoms with Gasteiger partial charge in [0.2, 0.25) is 0 Å². The minimum Gasteiger partial charge on any atom is -0.465 e. The first kappa shape index (κ1) is 12.3. The highest BCUT2D eigenvalue weighted by Crippen LogP contribution is 2.26. The number of hydrogen-bond donors (Lipinski definition) is 2. The zero-order valence-corrected chi connectivity index (χ0v) is 10.1. The molecule has 0 radical (unpaired) electrons. The Kier molecular flexibility index (Phi) is 3.60. The molecule has 2 unspecified atom stereocenters. The van der Waals surface area contributed by atoms with Crippen LogP contribution in [0.1, 0.15) is 34.1 Å². The van der Waals surface area contributed by atoms with E-state index in [1.54, 1.807) is 4.90 Å². The number of carbonyl (C=O) groups is 1. The van der Waals surface area contributed by atoms with Crippen LogP contribution in [0.3, 0.4) is 0 Å². The molecule has 1 heterocycles. The lowest BCUT2D eigenvalue weighted by Crippen LogP contribution is -2.50. The quantitative estimate of drug-likeness (QED) is 0.646. The third kappa shape index (κ3) is 3.09. The maximum absolute atomic E-state index is 11.2. The lowest BCUT2D eigenvalue weighted by atomic mass is 9.86. The van der Waals surface area contributed by atoms with Crippen molar-refractivity contribution in [1.29, 1.82) is 0 Å². The topological polar surface area (TPSA) is 52.6 Å². The molecule has 1 fully saturated rings. The fraction of sp³-hybridized carbons (Fsp3) is 0.909. The Morgan fingerprint density at radius 2 is 2.07 bits per heavy atom. The van der Waals surface area contributed by atoms with Crippen molar-refractivity contribution in [2.45, 2.75) is 46.2 Å². The number of amides is 1. The van der Waals surface area contributed by atoms with E-state index >= 15 is 0 Å². The van der Waals surface area contributed by atoms with Crippen LogP contribution in [0.25, 0.3) is 0 Å². The zero-order valence-electron chi connectivity index (χ0n) is 10.1. The summed E-state index contributed by atoms with van der Waals surface area (Å²) in [6.07, 6.45) is 0.0876. The molecule has 1 amide bonds. The molecule has 0 aromatic heterocycles. The summed E-state index contributed by atoms with van der Waals surface area (Å²) in [6.45, 7) is 9.75. The zero-order chi connectivity index (χ0) is 11.6. The van der Waals surface area contributed by atoms with Gasteiger partial charge in [0.05, 0.1) is 6.04 Å². The van der Waals surface area contributed by atoms with E-state index in [1.165, 1.54) is 0 Å². The van der Waals surface area contributed by atoms with E-state index in [4.69, 9.17) is 0 Å². The first-order valence-electron chi connectivity index (χ1n) is 5.55. The van der Waals surface area contributed by atoms with Crippen molar-refractivity contribution >= 4 is 6.09 Å². The first-order valence-corrected chi connectivity index (χ1v) is 5.55. The SMILES string of the molecule is CC1CCN(C(=O)O)C(C(C)(C)C)CN1. The van der Waals surface area contributed by atoms with Crippen LogP contribution in [0.15, 0.2) is 0 Å². The van der Waals surface area contributed by atoms with E-state index in [2.05, 4.69) is 33.0 Å². The predicted octanol–water partition coefficient (Wildman–Crippen LogP) is 1.76. The van der Waals surface area contributed by atoms with E-state index in [0.717, 1.165) is 13.0 Å². The molecule has 2 atom stereocenters. The fourth-order valence-corrected chi connectivity index (χ4v) is 2.02. The Labute approximate surface area is 91.6 Å². The Morgan fingerprint density at radius 1 is 1.47 bits per heavy atom. The van der Waals surface area contributed by atoms with E-state index in [9.17, 15) is 9.90 Å².